The minimum absolute atomic E-state index is 0.407. The van der Waals surface area contributed by atoms with Gasteiger partial charge in [0.25, 0.3) is 0 Å². The highest BCUT2D eigenvalue weighted by molar-refractivity contribution is 5.16. The molecule has 1 heterocycles. The molecule has 1 aromatic rings. The van der Waals surface area contributed by atoms with Gasteiger partial charge in [-0.3, -0.25) is 0 Å². The van der Waals surface area contributed by atoms with Crippen LogP contribution < -0.4 is 10.6 Å². The van der Waals surface area contributed by atoms with E-state index in [2.05, 4.69) is 34.7 Å². The van der Waals surface area contributed by atoms with Crippen molar-refractivity contribution in [3.8, 4) is 0 Å². The third-order valence-corrected chi connectivity index (χ3v) is 2.70. The molecule has 0 aliphatic heterocycles. The molecule has 1 aliphatic carbocycles. The van der Waals surface area contributed by atoms with E-state index in [1.807, 2.05) is 0 Å². The highest BCUT2D eigenvalue weighted by Crippen LogP contribution is 2.28. The molecule has 0 saturated heterocycles. The van der Waals surface area contributed by atoms with E-state index in [0.717, 1.165) is 12.5 Å². The molecule has 2 rings (SSSR count). The first kappa shape index (κ1) is 13.3. The standard InChI is InChI=1S/C12H22N4O2/c1-9(2)14-7-11-15-16-12(18-11)13-5-6-17-8-10-3-4-10/h9-10,14H,3-8H2,1-2H3,(H,13,16). The van der Waals surface area contributed by atoms with Crippen molar-refractivity contribution in [3.05, 3.63) is 5.89 Å². The van der Waals surface area contributed by atoms with Crippen molar-refractivity contribution >= 4 is 6.01 Å². The maximum absolute atomic E-state index is 5.50. The number of aromatic nitrogens is 2. The SMILES string of the molecule is CC(C)NCc1nnc(NCCOCC2CC2)o1. The lowest BCUT2D eigenvalue weighted by Gasteiger charge is -2.04. The van der Waals surface area contributed by atoms with Crippen molar-refractivity contribution in [1.82, 2.24) is 15.5 Å². The summed E-state index contributed by atoms with van der Waals surface area (Å²) in [5, 5.41) is 14.1. The average Bonchev–Trinajstić information content (AvgIpc) is 3.05. The fraction of sp³-hybridized carbons (Fsp3) is 0.833. The Bertz CT molecular complexity index is 350. The quantitative estimate of drug-likeness (QED) is 0.649. The van der Waals surface area contributed by atoms with Crippen molar-refractivity contribution in [2.75, 3.05) is 25.1 Å². The van der Waals surface area contributed by atoms with Gasteiger partial charge < -0.3 is 19.8 Å². The molecule has 1 fully saturated rings. The second-order valence-electron chi connectivity index (χ2n) is 4.98. The van der Waals surface area contributed by atoms with Crippen LogP contribution in [0.1, 0.15) is 32.6 Å². The Labute approximate surface area is 107 Å². The van der Waals surface area contributed by atoms with Crippen molar-refractivity contribution < 1.29 is 9.15 Å². The molecular formula is C12H22N4O2. The van der Waals surface area contributed by atoms with Gasteiger partial charge in [-0.1, -0.05) is 18.9 Å². The van der Waals surface area contributed by atoms with Crippen LogP contribution in [0.5, 0.6) is 0 Å². The second-order valence-corrected chi connectivity index (χ2v) is 4.98. The van der Waals surface area contributed by atoms with E-state index in [-0.39, 0.29) is 0 Å². The zero-order valence-corrected chi connectivity index (χ0v) is 11.1. The van der Waals surface area contributed by atoms with Crippen LogP contribution in [0.2, 0.25) is 0 Å². The highest BCUT2D eigenvalue weighted by atomic mass is 16.5. The summed E-state index contributed by atoms with van der Waals surface area (Å²) in [6.45, 7) is 7.02. The van der Waals surface area contributed by atoms with Gasteiger partial charge in [0.05, 0.1) is 13.2 Å². The number of ether oxygens (including phenoxy) is 1. The molecule has 1 aromatic heterocycles. The van der Waals surface area contributed by atoms with E-state index < -0.39 is 0 Å². The summed E-state index contributed by atoms with van der Waals surface area (Å²) in [5.41, 5.74) is 0. The molecule has 0 unspecified atom stereocenters. The van der Waals surface area contributed by atoms with Gasteiger partial charge in [0.2, 0.25) is 5.89 Å². The fourth-order valence-corrected chi connectivity index (χ4v) is 1.45. The number of nitrogens with one attached hydrogen (secondary N) is 2. The van der Waals surface area contributed by atoms with Crippen LogP contribution in [0.4, 0.5) is 6.01 Å². The fourth-order valence-electron chi connectivity index (χ4n) is 1.45. The van der Waals surface area contributed by atoms with Gasteiger partial charge in [0.1, 0.15) is 0 Å². The first-order valence-corrected chi connectivity index (χ1v) is 6.61. The van der Waals surface area contributed by atoms with Gasteiger partial charge in [-0.25, -0.2) is 0 Å². The third-order valence-electron chi connectivity index (χ3n) is 2.70. The molecule has 0 bridgehead atoms. The van der Waals surface area contributed by atoms with Gasteiger partial charge in [-0.2, -0.15) is 0 Å². The van der Waals surface area contributed by atoms with Crippen LogP contribution in [-0.2, 0) is 11.3 Å². The van der Waals surface area contributed by atoms with Crippen molar-refractivity contribution in [2.45, 2.75) is 39.3 Å². The van der Waals surface area contributed by atoms with Crippen LogP contribution in [0.25, 0.3) is 0 Å². The summed E-state index contributed by atoms with van der Waals surface area (Å²) in [7, 11) is 0. The van der Waals surface area contributed by atoms with Gasteiger partial charge in [0.15, 0.2) is 0 Å². The topological polar surface area (TPSA) is 72.2 Å². The molecule has 102 valence electrons. The maximum atomic E-state index is 5.50. The lowest BCUT2D eigenvalue weighted by atomic mass is 10.4. The Balaban J connectivity index is 1.57. The van der Waals surface area contributed by atoms with Gasteiger partial charge in [-0.15, -0.1) is 5.10 Å². The Hall–Kier alpha value is -1.14. The van der Waals surface area contributed by atoms with E-state index in [0.29, 0.717) is 37.6 Å². The average molecular weight is 254 g/mol. The number of rotatable bonds is 9. The van der Waals surface area contributed by atoms with E-state index in [1.165, 1.54) is 12.8 Å². The molecule has 0 aromatic carbocycles. The Morgan fingerprint density at radius 3 is 2.94 bits per heavy atom. The van der Waals surface area contributed by atoms with E-state index >= 15 is 0 Å². The molecule has 2 N–H and O–H groups in total. The van der Waals surface area contributed by atoms with Crippen LogP contribution in [0.3, 0.4) is 0 Å². The zero-order chi connectivity index (χ0) is 12.8. The Morgan fingerprint density at radius 2 is 2.22 bits per heavy atom. The van der Waals surface area contributed by atoms with Gasteiger partial charge in [-0.05, 0) is 18.8 Å². The normalized spacial score (nSPS) is 15.3. The van der Waals surface area contributed by atoms with Gasteiger partial charge in [0, 0.05) is 19.2 Å². The second kappa shape index (κ2) is 6.70. The molecule has 18 heavy (non-hydrogen) atoms. The number of hydrogen-bond acceptors (Lipinski definition) is 6. The summed E-state index contributed by atoms with van der Waals surface area (Å²) < 4.78 is 10.9. The number of anilines is 1. The van der Waals surface area contributed by atoms with E-state index in [1.54, 1.807) is 0 Å². The van der Waals surface area contributed by atoms with Crippen LogP contribution in [-0.4, -0.2) is 36.0 Å². The predicted octanol–water partition coefficient (Wildman–Crippen LogP) is 1.41. The summed E-state index contributed by atoms with van der Waals surface area (Å²) in [5.74, 6) is 1.41. The summed E-state index contributed by atoms with van der Waals surface area (Å²) in [4.78, 5) is 0. The third kappa shape index (κ3) is 5.01. The van der Waals surface area contributed by atoms with Crippen molar-refractivity contribution in [3.63, 3.8) is 0 Å². The molecule has 0 amide bonds. The molecule has 0 atom stereocenters. The molecule has 6 nitrogen and oxygen atoms in total. The Kier molecular flexibility index (Phi) is 4.95. The minimum atomic E-state index is 0.407. The monoisotopic (exact) mass is 254 g/mol. The van der Waals surface area contributed by atoms with Crippen LogP contribution in [0, 0.1) is 5.92 Å². The molecule has 0 spiro atoms. The molecular weight excluding hydrogens is 232 g/mol. The van der Waals surface area contributed by atoms with Crippen LogP contribution in [0.15, 0.2) is 4.42 Å². The van der Waals surface area contributed by atoms with E-state index in [4.69, 9.17) is 9.15 Å². The number of nitrogens with zero attached hydrogens (tertiary/aromatic N) is 2. The summed E-state index contributed by atoms with van der Waals surface area (Å²) in [6.07, 6.45) is 2.65. The summed E-state index contributed by atoms with van der Waals surface area (Å²) in [6, 6.07) is 0.870. The Morgan fingerprint density at radius 1 is 1.39 bits per heavy atom. The molecule has 6 heteroatoms. The highest BCUT2D eigenvalue weighted by Gasteiger charge is 2.20. The van der Waals surface area contributed by atoms with Gasteiger partial charge >= 0.3 is 6.01 Å². The lowest BCUT2D eigenvalue weighted by Crippen LogP contribution is -2.21. The summed E-state index contributed by atoms with van der Waals surface area (Å²) >= 11 is 0. The lowest BCUT2D eigenvalue weighted by molar-refractivity contribution is 0.133. The van der Waals surface area contributed by atoms with Crippen molar-refractivity contribution in [2.24, 2.45) is 5.92 Å². The first-order chi connectivity index (χ1) is 8.74. The largest absolute Gasteiger partial charge is 0.407 e. The predicted molar refractivity (Wildman–Crippen MR) is 68.3 cm³/mol. The molecule has 1 saturated carbocycles. The van der Waals surface area contributed by atoms with Crippen LogP contribution >= 0.6 is 0 Å². The first-order valence-electron chi connectivity index (χ1n) is 6.61. The maximum Gasteiger partial charge on any atom is 0.315 e. The number of hydrogen-bond donors (Lipinski definition) is 2. The smallest absolute Gasteiger partial charge is 0.315 e. The van der Waals surface area contributed by atoms with Crippen molar-refractivity contribution in [1.29, 1.82) is 0 Å². The van der Waals surface area contributed by atoms with E-state index in [9.17, 15) is 0 Å². The molecule has 0 radical (unpaired) electrons. The minimum Gasteiger partial charge on any atom is -0.407 e. The molecule has 1 aliphatic rings. The zero-order valence-electron chi connectivity index (χ0n) is 11.1.